The number of nitrogens with zero attached hydrogens (tertiary/aromatic N) is 1. The standard InChI is InChI=1S/C36H35NO7/c1-3-42-36(40)32-28(20-23-10-6-4-7-11-23)30-29(34(38)37(32)26-14-16-27(41-2)17-15-26)21-25-18-19-43-33(25)31(30)35(39)44-22-24-12-8-5-9-13-24/h4-19,28-32H,3,20-22H2,1-2H3/t28-,29+,30-,31+,32-/m1/s1. The molecule has 8 heteroatoms. The van der Waals surface area contributed by atoms with Gasteiger partial charge in [0.2, 0.25) is 5.91 Å². The van der Waals surface area contributed by atoms with E-state index in [1.807, 2.05) is 66.7 Å². The third-order valence-corrected chi connectivity index (χ3v) is 8.76. The van der Waals surface area contributed by atoms with E-state index in [0.717, 1.165) is 16.7 Å². The fourth-order valence-electron chi connectivity index (χ4n) is 6.84. The second kappa shape index (κ2) is 12.8. The topological polar surface area (TPSA) is 95.3 Å². The molecule has 0 spiro atoms. The summed E-state index contributed by atoms with van der Waals surface area (Å²) in [4.78, 5) is 44.2. The molecule has 226 valence electrons. The van der Waals surface area contributed by atoms with E-state index in [1.165, 1.54) is 0 Å². The number of anilines is 1. The highest BCUT2D eigenvalue weighted by Gasteiger charge is 2.59. The zero-order valence-electron chi connectivity index (χ0n) is 24.8. The minimum absolute atomic E-state index is 0.0835. The number of benzene rings is 3. The SMILES string of the molecule is CCOC(=O)[C@H]1[C@H](Cc2ccccc2)[C@@H]2[C@H](Cc3ccoc3[C@H]2C(=O)OCc2ccccc2)C(=O)N1c1ccc(OC)cc1. The lowest BCUT2D eigenvalue weighted by Gasteiger charge is -2.51. The first kappa shape index (κ1) is 29.2. The van der Waals surface area contributed by atoms with E-state index >= 15 is 0 Å². The van der Waals surface area contributed by atoms with Gasteiger partial charge in [0.25, 0.3) is 0 Å². The monoisotopic (exact) mass is 593 g/mol. The molecule has 6 rings (SSSR count). The number of amides is 1. The van der Waals surface area contributed by atoms with Gasteiger partial charge < -0.3 is 18.6 Å². The van der Waals surface area contributed by atoms with Crippen LogP contribution in [0, 0.1) is 17.8 Å². The minimum Gasteiger partial charge on any atom is -0.497 e. The number of rotatable bonds is 9. The van der Waals surface area contributed by atoms with Gasteiger partial charge in [-0.2, -0.15) is 0 Å². The van der Waals surface area contributed by atoms with Crippen LogP contribution in [0.2, 0.25) is 0 Å². The van der Waals surface area contributed by atoms with Gasteiger partial charge in [0.1, 0.15) is 30.1 Å². The van der Waals surface area contributed by atoms with Gasteiger partial charge in [-0.3, -0.25) is 14.5 Å². The summed E-state index contributed by atoms with van der Waals surface area (Å²) in [5, 5.41) is 0. The van der Waals surface area contributed by atoms with E-state index in [1.54, 1.807) is 49.5 Å². The van der Waals surface area contributed by atoms with Crippen LogP contribution in [0.5, 0.6) is 5.75 Å². The zero-order valence-corrected chi connectivity index (χ0v) is 24.8. The molecule has 44 heavy (non-hydrogen) atoms. The minimum atomic E-state index is -0.988. The van der Waals surface area contributed by atoms with Gasteiger partial charge in [-0.15, -0.1) is 0 Å². The molecule has 0 saturated carbocycles. The molecule has 5 atom stereocenters. The molecule has 0 N–H and O–H groups in total. The van der Waals surface area contributed by atoms with Crippen LogP contribution in [0.15, 0.2) is 102 Å². The summed E-state index contributed by atoms with van der Waals surface area (Å²) in [5.41, 5.74) is 3.19. The Morgan fingerprint density at radius 3 is 2.20 bits per heavy atom. The second-order valence-corrected chi connectivity index (χ2v) is 11.2. The van der Waals surface area contributed by atoms with E-state index in [9.17, 15) is 14.4 Å². The maximum absolute atomic E-state index is 14.6. The number of fused-ring (bicyclic) bond motifs is 2. The van der Waals surface area contributed by atoms with Crippen LogP contribution in [-0.4, -0.2) is 37.6 Å². The maximum Gasteiger partial charge on any atom is 0.329 e. The van der Waals surface area contributed by atoms with Crippen LogP contribution >= 0.6 is 0 Å². The number of piperidine rings is 1. The zero-order chi connectivity index (χ0) is 30.6. The van der Waals surface area contributed by atoms with Crippen molar-refractivity contribution in [2.45, 2.75) is 38.3 Å². The molecule has 8 nitrogen and oxygen atoms in total. The molecule has 1 aliphatic heterocycles. The summed E-state index contributed by atoms with van der Waals surface area (Å²) >= 11 is 0. The number of hydrogen-bond donors (Lipinski definition) is 0. The average Bonchev–Trinajstić information content (AvgIpc) is 3.53. The van der Waals surface area contributed by atoms with Crippen LogP contribution < -0.4 is 9.64 Å². The lowest BCUT2D eigenvalue weighted by atomic mass is 9.60. The van der Waals surface area contributed by atoms with E-state index in [0.29, 0.717) is 30.0 Å². The van der Waals surface area contributed by atoms with Crippen molar-refractivity contribution >= 4 is 23.5 Å². The first-order valence-electron chi connectivity index (χ1n) is 14.9. The van der Waals surface area contributed by atoms with Crippen molar-refractivity contribution in [1.29, 1.82) is 0 Å². The van der Waals surface area contributed by atoms with Crippen LogP contribution in [0.3, 0.4) is 0 Å². The molecule has 3 aromatic carbocycles. The van der Waals surface area contributed by atoms with Crippen molar-refractivity contribution in [2.24, 2.45) is 17.8 Å². The molecular formula is C36H35NO7. The third kappa shape index (κ3) is 5.60. The van der Waals surface area contributed by atoms with Gasteiger partial charge in [0.15, 0.2) is 0 Å². The number of furan rings is 1. The summed E-state index contributed by atoms with van der Waals surface area (Å²) < 4.78 is 22.8. The van der Waals surface area contributed by atoms with Crippen LogP contribution in [-0.2, 0) is 43.3 Å². The molecule has 0 bridgehead atoms. The predicted molar refractivity (Wildman–Crippen MR) is 163 cm³/mol. The quantitative estimate of drug-likeness (QED) is 0.228. The normalized spacial score (nSPS) is 22.5. The van der Waals surface area contributed by atoms with Crippen molar-refractivity contribution in [1.82, 2.24) is 0 Å². The average molecular weight is 594 g/mol. The molecule has 0 radical (unpaired) electrons. The number of hydrogen-bond acceptors (Lipinski definition) is 7. The first-order valence-corrected chi connectivity index (χ1v) is 14.9. The third-order valence-electron chi connectivity index (χ3n) is 8.76. The first-order chi connectivity index (χ1) is 21.5. The molecule has 4 aromatic rings. The molecule has 1 fully saturated rings. The van der Waals surface area contributed by atoms with Gasteiger partial charge in [0, 0.05) is 11.6 Å². The van der Waals surface area contributed by atoms with Gasteiger partial charge in [-0.25, -0.2) is 4.79 Å². The highest BCUT2D eigenvalue weighted by Crippen LogP contribution is 2.51. The van der Waals surface area contributed by atoms with Crippen LogP contribution in [0.1, 0.15) is 35.3 Å². The van der Waals surface area contributed by atoms with Crippen LogP contribution in [0.25, 0.3) is 0 Å². The summed E-state index contributed by atoms with van der Waals surface area (Å²) in [6.45, 7) is 1.98. The number of esters is 2. The Morgan fingerprint density at radius 2 is 1.55 bits per heavy atom. The molecule has 1 aliphatic carbocycles. The fraction of sp³-hybridized carbons (Fsp3) is 0.306. The Balaban J connectivity index is 1.47. The lowest BCUT2D eigenvalue weighted by Crippen LogP contribution is -2.63. The van der Waals surface area contributed by atoms with Crippen molar-refractivity contribution in [3.8, 4) is 5.75 Å². The summed E-state index contributed by atoms with van der Waals surface area (Å²) in [5.74, 6) is -2.66. The smallest absolute Gasteiger partial charge is 0.329 e. The van der Waals surface area contributed by atoms with E-state index < -0.39 is 41.7 Å². The van der Waals surface area contributed by atoms with E-state index in [4.69, 9.17) is 18.6 Å². The predicted octanol–water partition coefficient (Wildman–Crippen LogP) is 5.74. The molecule has 1 saturated heterocycles. The van der Waals surface area contributed by atoms with Gasteiger partial charge in [-0.05, 0) is 78.6 Å². The summed E-state index contributed by atoms with van der Waals surface area (Å²) in [6.07, 6.45) is 2.37. The Hall–Kier alpha value is -4.85. The van der Waals surface area contributed by atoms with Crippen molar-refractivity contribution in [3.05, 3.63) is 120 Å². The maximum atomic E-state index is 14.6. The molecule has 1 amide bonds. The molecule has 2 aliphatic rings. The Labute approximate surface area is 256 Å². The number of carbonyl (C=O) groups is 3. The lowest BCUT2D eigenvalue weighted by molar-refractivity contribution is -0.158. The van der Waals surface area contributed by atoms with Crippen molar-refractivity contribution in [2.75, 3.05) is 18.6 Å². The van der Waals surface area contributed by atoms with E-state index in [2.05, 4.69) is 0 Å². The highest BCUT2D eigenvalue weighted by molar-refractivity contribution is 6.03. The molecule has 1 aromatic heterocycles. The van der Waals surface area contributed by atoms with Crippen molar-refractivity contribution in [3.63, 3.8) is 0 Å². The highest BCUT2D eigenvalue weighted by atomic mass is 16.5. The van der Waals surface area contributed by atoms with Gasteiger partial charge in [0.05, 0.1) is 20.0 Å². The van der Waals surface area contributed by atoms with E-state index in [-0.39, 0.29) is 19.1 Å². The number of carbonyl (C=O) groups excluding carboxylic acids is 3. The Bertz CT molecular complexity index is 1600. The summed E-state index contributed by atoms with van der Waals surface area (Å²) in [7, 11) is 1.57. The molecule has 2 heterocycles. The Kier molecular flexibility index (Phi) is 8.50. The summed E-state index contributed by atoms with van der Waals surface area (Å²) in [6, 6.07) is 27.2. The van der Waals surface area contributed by atoms with Gasteiger partial charge >= 0.3 is 11.9 Å². The second-order valence-electron chi connectivity index (χ2n) is 11.2. The molecule has 0 unspecified atom stereocenters. The van der Waals surface area contributed by atoms with Crippen molar-refractivity contribution < 1.29 is 33.0 Å². The number of ether oxygens (including phenoxy) is 3. The number of methoxy groups -OCH3 is 1. The fourth-order valence-corrected chi connectivity index (χ4v) is 6.84. The molecular weight excluding hydrogens is 558 g/mol. The van der Waals surface area contributed by atoms with Crippen LogP contribution in [0.4, 0.5) is 5.69 Å². The Morgan fingerprint density at radius 1 is 0.864 bits per heavy atom. The van der Waals surface area contributed by atoms with Gasteiger partial charge in [-0.1, -0.05) is 60.7 Å². The largest absolute Gasteiger partial charge is 0.497 e.